The van der Waals surface area contributed by atoms with Gasteiger partial charge in [0.2, 0.25) is 0 Å². The minimum atomic E-state index is 0.767. The van der Waals surface area contributed by atoms with Crippen LogP contribution in [0.4, 0.5) is 5.69 Å². The first-order chi connectivity index (χ1) is 7.86. The molecule has 2 heterocycles. The second-order valence-electron chi connectivity index (χ2n) is 4.14. The minimum absolute atomic E-state index is 0.767. The number of anilines is 1. The largest absolute Gasteiger partial charge is 0.398 e. The zero-order valence-corrected chi connectivity index (χ0v) is 9.06. The number of rotatable bonds is 1. The van der Waals surface area contributed by atoms with Crippen LogP contribution >= 0.6 is 0 Å². The van der Waals surface area contributed by atoms with E-state index in [0.717, 1.165) is 35.9 Å². The number of nitrogens with two attached hydrogens (primary N) is 1. The van der Waals surface area contributed by atoms with Crippen molar-refractivity contribution in [3.63, 3.8) is 0 Å². The molecular weight excluding hydrogens is 200 g/mol. The van der Waals surface area contributed by atoms with Crippen LogP contribution < -0.4 is 5.73 Å². The average molecular weight is 214 g/mol. The Kier molecular flexibility index (Phi) is 2.13. The van der Waals surface area contributed by atoms with Gasteiger partial charge in [-0.15, -0.1) is 10.2 Å². The molecule has 0 radical (unpaired) electrons. The fraction of sp³-hybridized carbons (Fsp3) is 0.333. The van der Waals surface area contributed by atoms with Crippen molar-refractivity contribution < 1.29 is 0 Å². The molecule has 0 saturated heterocycles. The fourth-order valence-corrected chi connectivity index (χ4v) is 2.21. The molecule has 0 aliphatic carbocycles. The Morgan fingerprint density at radius 2 is 2.00 bits per heavy atom. The highest BCUT2D eigenvalue weighted by Crippen LogP contribution is 2.26. The van der Waals surface area contributed by atoms with E-state index >= 15 is 0 Å². The van der Waals surface area contributed by atoms with Gasteiger partial charge in [0.25, 0.3) is 0 Å². The first-order valence-corrected chi connectivity index (χ1v) is 5.63. The van der Waals surface area contributed by atoms with Crippen molar-refractivity contribution in [3.8, 4) is 11.4 Å². The van der Waals surface area contributed by atoms with Crippen LogP contribution in [0.2, 0.25) is 0 Å². The molecule has 2 N–H and O–H groups in total. The molecule has 0 fully saturated rings. The van der Waals surface area contributed by atoms with E-state index in [4.69, 9.17) is 5.73 Å². The third-order valence-corrected chi connectivity index (χ3v) is 3.06. The summed E-state index contributed by atoms with van der Waals surface area (Å²) in [6, 6.07) is 7.82. The summed E-state index contributed by atoms with van der Waals surface area (Å²) in [6.07, 6.45) is 3.44. The first kappa shape index (κ1) is 9.39. The second-order valence-corrected chi connectivity index (χ2v) is 4.14. The van der Waals surface area contributed by atoms with Crippen LogP contribution in [0.3, 0.4) is 0 Å². The van der Waals surface area contributed by atoms with Crippen molar-refractivity contribution >= 4 is 5.69 Å². The minimum Gasteiger partial charge on any atom is -0.398 e. The number of aryl methyl sites for hydroxylation is 1. The highest BCUT2D eigenvalue weighted by atomic mass is 15.3. The van der Waals surface area contributed by atoms with Crippen molar-refractivity contribution in [1.82, 2.24) is 14.8 Å². The van der Waals surface area contributed by atoms with Crippen LogP contribution in [-0.2, 0) is 13.0 Å². The summed E-state index contributed by atoms with van der Waals surface area (Å²) >= 11 is 0. The smallest absolute Gasteiger partial charge is 0.166 e. The summed E-state index contributed by atoms with van der Waals surface area (Å²) in [5.74, 6) is 2.00. The summed E-state index contributed by atoms with van der Waals surface area (Å²) in [6.45, 7) is 1.01. The lowest BCUT2D eigenvalue weighted by atomic mass is 10.1. The van der Waals surface area contributed by atoms with Gasteiger partial charge in [0.05, 0.1) is 0 Å². The normalized spacial score (nSPS) is 14.8. The third kappa shape index (κ3) is 1.38. The summed E-state index contributed by atoms with van der Waals surface area (Å²) < 4.78 is 2.19. The van der Waals surface area contributed by atoms with Gasteiger partial charge in [-0.3, -0.25) is 0 Å². The van der Waals surface area contributed by atoms with E-state index in [1.54, 1.807) is 0 Å². The average Bonchev–Trinajstić information content (AvgIpc) is 2.74. The summed E-state index contributed by atoms with van der Waals surface area (Å²) in [5.41, 5.74) is 7.72. The molecular formula is C12H14N4. The monoisotopic (exact) mass is 214 g/mol. The van der Waals surface area contributed by atoms with Crippen molar-refractivity contribution in [2.24, 2.45) is 0 Å². The second kappa shape index (κ2) is 3.63. The number of benzene rings is 1. The number of aromatic nitrogens is 3. The predicted octanol–water partition coefficient (Wildman–Crippen LogP) is 1.86. The van der Waals surface area contributed by atoms with Crippen LogP contribution in [0.5, 0.6) is 0 Å². The molecule has 0 saturated carbocycles. The lowest BCUT2D eigenvalue weighted by molar-refractivity contribution is 0.526. The molecule has 4 nitrogen and oxygen atoms in total. The number of hydrogen-bond donors (Lipinski definition) is 1. The van der Waals surface area contributed by atoms with E-state index in [1.165, 1.54) is 12.8 Å². The highest BCUT2D eigenvalue weighted by molar-refractivity contribution is 5.71. The third-order valence-electron chi connectivity index (χ3n) is 3.06. The van der Waals surface area contributed by atoms with Crippen LogP contribution in [0.25, 0.3) is 11.4 Å². The van der Waals surface area contributed by atoms with Crippen molar-refractivity contribution in [2.75, 3.05) is 5.73 Å². The lowest BCUT2D eigenvalue weighted by Gasteiger charge is -2.15. The highest BCUT2D eigenvalue weighted by Gasteiger charge is 2.17. The molecule has 2 aromatic rings. The quantitative estimate of drug-likeness (QED) is 0.737. The van der Waals surface area contributed by atoms with Gasteiger partial charge in [-0.2, -0.15) is 0 Å². The fourth-order valence-electron chi connectivity index (χ4n) is 2.21. The van der Waals surface area contributed by atoms with Gasteiger partial charge in [0.15, 0.2) is 5.82 Å². The number of fused-ring (bicyclic) bond motifs is 1. The number of para-hydroxylation sites is 1. The molecule has 4 heteroatoms. The van der Waals surface area contributed by atoms with E-state index in [0.29, 0.717) is 0 Å². The zero-order valence-electron chi connectivity index (χ0n) is 9.06. The van der Waals surface area contributed by atoms with Gasteiger partial charge in [0, 0.05) is 24.2 Å². The standard InChI is InChI=1S/C12H14N4/c13-10-6-2-1-5-9(10)12-15-14-11-7-3-4-8-16(11)12/h1-2,5-6H,3-4,7-8,13H2. The first-order valence-electron chi connectivity index (χ1n) is 5.63. The molecule has 0 unspecified atom stereocenters. The Labute approximate surface area is 94.1 Å². The molecule has 0 spiro atoms. The molecule has 16 heavy (non-hydrogen) atoms. The molecule has 1 aromatic carbocycles. The Morgan fingerprint density at radius 1 is 1.12 bits per heavy atom. The molecule has 0 amide bonds. The van der Waals surface area contributed by atoms with E-state index in [1.807, 2.05) is 24.3 Å². The van der Waals surface area contributed by atoms with Gasteiger partial charge in [0.1, 0.15) is 5.82 Å². The van der Waals surface area contributed by atoms with E-state index in [2.05, 4.69) is 14.8 Å². The summed E-state index contributed by atoms with van der Waals surface area (Å²) in [4.78, 5) is 0. The van der Waals surface area contributed by atoms with E-state index in [-0.39, 0.29) is 0 Å². The van der Waals surface area contributed by atoms with Crippen molar-refractivity contribution in [3.05, 3.63) is 30.1 Å². The van der Waals surface area contributed by atoms with Crippen molar-refractivity contribution in [1.29, 1.82) is 0 Å². The number of nitrogens with zero attached hydrogens (tertiary/aromatic N) is 3. The molecule has 1 aliphatic rings. The van der Waals surface area contributed by atoms with Gasteiger partial charge in [-0.25, -0.2) is 0 Å². The van der Waals surface area contributed by atoms with Crippen LogP contribution in [0, 0.1) is 0 Å². The molecule has 82 valence electrons. The SMILES string of the molecule is Nc1ccccc1-c1nnc2n1CCCC2. The Morgan fingerprint density at radius 3 is 2.88 bits per heavy atom. The lowest BCUT2D eigenvalue weighted by Crippen LogP contribution is -2.11. The summed E-state index contributed by atoms with van der Waals surface area (Å²) in [7, 11) is 0. The van der Waals surface area contributed by atoms with Gasteiger partial charge in [-0.1, -0.05) is 12.1 Å². The molecule has 0 atom stereocenters. The number of hydrogen-bond acceptors (Lipinski definition) is 3. The maximum Gasteiger partial charge on any atom is 0.166 e. The number of nitrogen functional groups attached to an aromatic ring is 1. The maximum absolute atomic E-state index is 5.96. The Balaban J connectivity index is 2.13. The van der Waals surface area contributed by atoms with Gasteiger partial charge in [-0.05, 0) is 25.0 Å². The van der Waals surface area contributed by atoms with E-state index in [9.17, 15) is 0 Å². The molecule has 3 rings (SSSR count). The Hall–Kier alpha value is -1.84. The molecule has 1 aromatic heterocycles. The Bertz CT molecular complexity index is 515. The maximum atomic E-state index is 5.96. The van der Waals surface area contributed by atoms with Crippen LogP contribution in [0.15, 0.2) is 24.3 Å². The molecule has 1 aliphatic heterocycles. The van der Waals surface area contributed by atoms with Gasteiger partial charge < -0.3 is 10.3 Å². The summed E-state index contributed by atoms with van der Waals surface area (Å²) in [5, 5.41) is 8.49. The zero-order chi connectivity index (χ0) is 11.0. The predicted molar refractivity (Wildman–Crippen MR) is 62.8 cm³/mol. The van der Waals surface area contributed by atoms with Crippen LogP contribution in [0.1, 0.15) is 18.7 Å². The van der Waals surface area contributed by atoms with Crippen LogP contribution in [-0.4, -0.2) is 14.8 Å². The van der Waals surface area contributed by atoms with Crippen molar-refractivity contribution in [2.45, 2.75) is 25.8 Å². The van der Waals surface area contributed by atoms with E-state index < -0.39 is 0 Å². The van der Waals surface area contributed by atoms with Gasteiger partial charge >= 0.3 is 0 Å². The molecule has 0 bridgehead atoms. The topological polar surface area (TPSA) is 56.7 Å².